The van der Waals surface area contributed by atoms with E-state index in [4.69, 9.17) is 0 Å². The van der Waals surface area contributed by atoms with Gasteiger partial charge in [0.05, 0.1) is 38.9 Å². The molecule has 4 rings (SSSR count). The maximum Gasteiger partial charge on any atom is 0.416 e. The van der Waals surface area contributed by atoms with Crippen LogP contribution in [0, 0.1) is 6.92 Å². The number of thiazole rings is 1. The number of anilines is 2. The molecule has 2 amide bonds. The Labute approximate surface area is 183 Å². The molecule has 0 saturated carbocycles. The zero-order valence-electron chi connectivity index (χ0n) is 16.8. The lowest BCUT2D eigenvalue weighted by Gasteiger charge is -2.10. The number of rotatable bonds is 4. The molecule has 2 heterocycles. The number of alkyl halides is 3. The summed E-state index contributed by atoms with van der Waals surface area (Å²) in [6, 6.07) is 9.90. The first-order valence-corrected chi connectivity index (χ1v) is 10.2. The van der Waals surface area contributed by atoms with Crippen LogP contribution in [0.3, 0.4) is 0 Å². The predicted octanol–water partition coefficient (Wildman–Crippen LogP) is 5.02. The number of hydrogen-bond acceptors (Lipinski definition) is 5. The molecule has 11 heteroatoms. The second kappa shape index (κ2) is 8.08. The van der Waals surface area contributed by atoms with Crippen LogP contribution in [0.15, 0.2) is 48.7 Å². The Kier molecular flexibility index (Phi) is 5.43. The standard InChI is InChI=1S/C21H16F3N5O2S/c1-11-16(10-25-29(11)15-5-3-4-13(8-15)21(22,23)24)19(31)28-20-27-17-7-6-14(26-12(2)30)9-18(17)32-20/h3-10H,1-2H3,(H,26,30)(H,27,28,31). The summed E-state index contributed by atoms with van der Waals surface area (Å²) in [5, 5.41) is 9.81. The third-order valence-electron chi connectivity index (χ3n) is 4.60. The molecule has 0 saturated heterocycles. The summed E-state index contributed by atoms with van der Waals surface area (Å²) < 4.78 is 41.1. The molecular formula is C21H16F3N5O2S. The van der Waals surface area contributed by atoms with Gasteiger partial charge in [0.25, 0.3) is 5.91 Å². The summed E-state index contributed by atoms with van der Waals surface area (Å²) >= 11 is 1.23. The van der Waals surface area contributed by atoms with Gasteiger partial charge in [-0.25, -0.2) is 9.67 Å². The van der Waals surface area contributed by atoms with Crippen molar-refractivity contribution in [3.05, 3.63) is 65.5 Å². The summed E-state index contributed by atoms with van der Waals surface area (Å²) in [6.45, 7) is 3.00. The van der Waals surface area contributed by atoms with Gasteiger partial charge in [-0.15, -0.1) is 0 Å². The number of carbonyl (C=O) groups excluding carboxylic acids is 2. The molecule has 0 unspecified atom stereocenters. The highest BCUT2D eigenvalue weighted by Crippen LogP contribution is 2.31. The van der Waals surface area contributed by atoms with E-state index in [-0.39, 0.29) is 17.2 Å². The molecule has 2 N–H and O–H groups in total. The Morgan fingerprint density at radius 3 is 2.59 bits per heavy atom. The number of fused-ring (bicyclic) bond motifs is 1. The first kappa shape index (κ1) is 21.5. The van der Waals surface area contributed by atoms with Gasteiger partial charge in [0.15, 0.2) is 5.13 Å². The Hall–Kier alpha value is -3.73. The second-order valence-electron chi connectivity index (χ2n) is 6.94. The molecule has 32 heavy (non-hydrogen) atoms. The van der Waals surface area contributed by atoms with Crippen LogP contribution in [-0.4, -0.2) is 26.6 Å². The van der Waals surface area contributed by atoms with Crippen molar-refractivity contribution < 1.29 is 22.8 Å². The fraction of sp³-hybridized carbons (Fsp3) is 0.143. The van der Waals surface area contributed by atoms with Gasteiger partial charge in [-0.1, -0.05) is 17.4 Å². The molecule has 0 radical (unpaired) electrons. The Bertz CT molecular complexity index is 1340. The van der Waals surface area contributed by atoms with Gasteiger partial charge in [-0.05, 0) is 43.3 Å². The number of nitrogens with one attached hydrogen (secondary N) is 2. The number of hydrogen-bond donors (Lipinski definition) is 2. The fourth-order valence-corrected chi connectivity index (χ4v) is 4.03. The number of nitrogens with zero attached hydrogens (tertiary/aromatic N) is 3. The van der Waals surface area contributed by atoms with Gasteiger partial charge < -0.3 is 5.32 Å². The van der Waals surface area contributed by atoms with E-state index in [0.29, 0.717) is 22.0 Å². The highest BCUT2D eigenvalue weighted by Gasteiger charge is 2.30. The zero-order valence-corrected chi connectivity index (χ0v) is 17.6. The SMILES string of the molecule is CC(=O)Nc1ccc2nc(NC(=O)c3cnn(-c4cccc(C(F)(F)F)c4)c3C)sc2c1. The van der Waals surface area contributed by atoms with Gasteiger partial charge >= 0.3 is 6.18 Å². The van der Waals surface area contributed by atoms with Gasteiger partial charge in [0.1, 0.15) is 0 Å². The normalized spacial score (nSPS) is 11.5. The molecule has 0 fully saturated rings. The lowest BCUT2D eigenvalue weighted by molar-refractivity contribution is -0.137. The van der Waals surface area contributed by atoms with Crippen molar-refractivity contribution in [2.24, 2.45) is 0 Å². The monoisotopic (exact) mass is 459 g/mol. The minimum atomic E-state index is -4.48. The van der Waals surface area contributed by atoms with Crippen LogP contribution in [0.5, 0.6) is 0 Å². The van der Waals surface area contributed by atoms with Crippen LogP contribution >= 0.6 is 11.3 Å². The number of carbonyl (C=O) groups is 2. The van der Waals surface area contributed by atoms with E-state index in [1.807, 2.05) is 0 Å². The smallest absolute Gasteiger partial charge is 0.326 e. The number of aromatic nitrogens is 3. The quantitative estimate of drug-likeness (QED) is 0.449. The number of halogens is 3. The van der Waals surface area contributed by atoms with Gasteiger partial charge in [0, 0.05) is 12.6 Å². The van der Waals surface area contributed by atoms with E-state index in [2.05, 4.69) is 20.7 Å². The average molecular weight is 459 g/mol. The molecule has 0 spiro atoms. The number of amides is 2. The third-order valence-corrected chi connectivity index (χ3v) is 5.54. The number of benzene rings is 2. The molecular weight excluding hydrogens is 443 g/mol. The van der Waals surface area contributed by atoms with Crippen molar-refractivity contribution in [1.29, 1.82) is 0 Å². The van der Waals surface area contributed by atoms with Crippen LogP contribution in [0.1, 0.15) is 28.5 Å². The first-order chi connectivity index (χ1) is 15.1. The summed E-state index contributed by atoms with van der Waals surface area (Å²) in [7, 11) is 0. The highest BCUT2D eigenvalue weighted by molar-refractivity contribution is 7.22. The minimum absolute atomic E-state index is 0.196. The highest BCUT2D eigenvalue weighted by atomic mass is 32.1. The molecule has 2 aromatic carbocycles. The third kappa shape index (κ3) is 4.33. The summed E-state index contributed by atoms with van der Waals surface area (Å²) in [5.74, 6) is -0.683. The van der Waals surface area contributed by atoms with Crippen LogP contribution in [0.2, 0.25) is 0 Å². The molecule has 0 bridgehead atoms. The van der Waals surface area contributed by atoms with Crippen molar-refractivity contribution >= 4 is 44.2 Å². The fourth-order valence-electron chi connectivity index (χ4n) is 3.13. The first-order valence-electron chi connectivity index (χ1n) is 9.33. The predicted molar refractivity (Wildman–Crippen MR) is 115 cm³/mol. The van der Waals surface area contributed by atoms with E-state index >= 15 is 0 Å². The molecule has 0 aliphatic heterocycles. The van der Waals surface area contributed by atoms with Crippen molar-refractivity contribution in [2.75, 3.05) is 10.6 Å². The maximum absolute atomic E-state index is 13.0. The average Bonchev–Trinajstić information content (AvgIpc) is 3.29. The lowest BCUT2D eigenvalue weighted by atomic mass is 10.2. The van der Waals surface area contributed by atoms with Crippen LogP contribution in [0.25, 0.3) is 15.9 Å². The van der Waals surface area contributed by atoms with E-state index < -0.39 is 17.6 Å². The van der Waals surface area contributed by atoms with Crippen molar-refractivity contribution in [3.63, 3.8) is 0 Å². The Balaban J connectivity index is 1.57. The molecule has 0 aliphatic rings. The topological polar surface area (TPSA) is 88.9 Å². The molecule has 4 aromatic rings. The Morgan fingerprint density at radius 2 is 1.88 bits per heavy atom. The Morgan fingerprint density at radius 1 is 1.09 bits per heavy atom. The van der Waals surface area contributed by atoms with Crippen molar-refractivity contribution in [3.8, 4) is 5.69 Å². The van der Waals surface area contributed by atoms with Crippen molar-refractivity contribution in [1.82, 2.24) is 14.8 Å². The van der Waals surface area contributed by atoms with E-state index in [1.54, 1.807) is 25.1 Å². The van der Waals surface area contributed by atoms with Crippen molar-refractivity contribution in [2.45, 2.75) is 20.0 Å². The van der Waals surface area contributed by atoms with Gasteiger partial charge in [-0.2, -0.15) is 18.3 Å². The van der Waals surface area contributed by atoms with Crippen LogP contribution in [-0.2, 0) is 11.0 Å². The van der Waals surface area contributed by atoms with E-state index in [1.165, 1.54) is 41.3 Å². The zero-order chi connectivity index (χ0) is 23.0. The molecule has 0 atom stereocenters. The molecule has 0 aliphatic carbocycles. The largest absolute Gasteiger partial charge is 0.416 e. The van der Waals surface area contributed by atoms with Gasteiger partial charge in [-0.3, -0.25) is 14.9 Å². The maximum atomic E-state index is 13.0. The van der Waals surface area contributed by atoms with Gasteiger partial charge in [0.2, 0.25) is 5.91 Å². The van der Waals surface area contributed by atoms with Crippen LogP contribution in [0.4, 0.5) is 24.0 Å². The summed E-state index contributed by atoms with van der Waals surface area (Å²) in [5.41, 5.74) is 1.25. The molecule has 164 valence electrons. The molecule has 7 nitrogen and oxygen atoms in total. The second-order valence-corrected chi connectivity index (χ2v) is 7.97. The van der Waals surface area contributed by atoms with E-state index in [9.17, 15) is 22.8 Å². The summed E-state index contributed by atoms with van der Waals surface area (Å²) in [6.07, 6.45) is -3.18. The minimum Gasteiger partial charge on any atom is -0.326 e. The lowest BCUT2D eigenvalue weighted by Crippen LogP contribution is -2.13. The summed E-state index contributed by atoms with van der Waals surface area (Å²) in [4.78, 5) is 28.3. The van der Waals surface area contributed by atoms with Crippen LogP contribution < -0.4 is 10.6 Å². The molecule has 2 aromatic heterocycles. The van der Waals surface area contributed by atoms with E-state index in [0.717, 1.165) is 16.8 Å².